The Bertz CT molecular complexity index is 1060. The minimum atomic E-state index is -4.46. The molecular weight excluding hydrogens is 405 g/mol. The molecule has 1 amide bonds. The van der Waals surface area contributed by atoms with Gasteiger partial charge in [0.15, 0.2) is 5.82 Å². The molecule has 0 saturated carbocycles. The number of nitrogens with one attached hydrogen (secondary N) is 1. The number of carbonyl (C=O) groups is 1. The molecule has 5 nitrogen and oxygen atoms in total. The lowest BCUT2D eigenvalue weighted by atomic mass is 10.1. The summed E-state index contributed by atoms with van der Waals surface area (Å²) in [5, 5.41) is 7.68. The second-order valence-corrected chi connectivity index (χ2v) is 7.08. The van der Waals surface area contributed by atoms with Crippen molar-refractivity contribution in [3.63, 3.8) is 0 Å². The van der Waals surface area contributed by atoms with Gasteiger partial charge in [0.2, 0.25) is 5.91 Å². The SMILES string of the molecule is Cc1ccc(Cl)cc1NC(=O)Cc1c(C)nn(-c2ccc(C(F)(F)F)cn2)c1C. The maximum Gasteiger partial charge on any atom is 0.417 e. The Morgan fingerprint density at radius 3 is 2.52 bits per heavy atom. The first-order valence-electron chi connectivity index (χ1n) is 8.71. The van der Waals surface area contributed by atoms with Crippen LogP contribution in [-0.2, 0) is 17.4 Å². The molecule has 3 rings (SSSR count). The van der Waals surface area contributed by atoms with Crippen LogP contribution >= 0.6 is 11.6 Å². The van der Waals surface area contributed by atoms with Gasteiger partial charge in [-0.05, 0) is 50.6 Å². The van der Waals surface area contributed by atoms with E-state index in [1.165, 1.54) is 10.7 Å². The first-order valence-corrected chi connectivity index (χ1v) is 9.09. The number of rotatable bonds is 4. The highest BCUT2D eigenvalue weighted by Crippen LogP contribution is 2.29. The zero-order chi connectivity index (χ0) is 21.3. The minimum absolute atomic E-state index is 0.0598. The molecule has 0 fully saturated rings. The summed E-state index contributed by atoms with van der Waals surface area (Å²) in [6, 6.07) is 7.42. The van der Waals surface area contributed by atoms with E-state index in [2.05, 4.69) is 15.4 Å². The topological polar surface area (TPSA) is 59.8 Å². The van der Waals surface area contributed by atoms with Crippen LogP contribution in [0.5, 0.6) is 0 Å². The number of anilines is 1. The van der Waals surface area contributed by atoms with Gasteiger partial charge in [0.1, 0.15) is 0 Å². The Morgan fingerprint density at radius 1 is 1.17 bits per heavy atom. The van der Waals surface area contributed by atoms with E-state index >= 15 is 0 Å². The summed E-state index contributed by atoms with van der Waals surface area (Å²) in [6.45, 7) is 5.34. The normalized spacial score (nSPS) is 11.6. The largest absolute Gasteiger partial charge is 0.417 e. The Morgan fingerprint density at radius 2 is 1.90 bits per heavy atom. The van der Waals surface area contributed by atoms with Gasteiger partial charge in [0, 0.05) is 28.2 Å². The molecule has 0 saturated heterocycles. The lowest BCUT2D eigenvalue weighted by Gasteiger charge is -2.10. The zero-order valence-electron chi connectivity index (χ0n) is 15.9. The van der Waals surface area contributed by atoms with Gasteiger partial charge in [-0.2, -0.15) is 18.3 Å². The molecular formula is C20H18ClF3N4O. The minimum Gasteiger partial charge on any atom is -0.326 e. The number of nitrogens with zero attached hydrogens (tertiary/aromatic N) is 3. The number of hydrogen-bond acceptors (Lipinski definition) is 3. The van der Waals surface area contributed by atoms with Gasteiger partial charge < -0.3 is 5.32 Å². The highest BCUT2D eigenvalue weighted by Gasteiger charge is 2.30. The maximum absolute atomic E-state index is 12.7. The summed E-state index contributed by atoms with van der Waals surface area (Å²) in [5.41, 5.74) is 2.58. The fraction of sp³-hybridized carbons (Fsp3) is 0.250. The molecule has 2 heterocycles. The number of pyridine rings is 1. The number of hydrogen-bond donors (Lipinski definition) is 1. The molecule has 152 valence electrons. The lowest BCUT2D eigenvalue weighted by Crippen LogP contribution is -2.16. The number of benzene rings is 1. The first-order chi connectivity index (χ1) is 13.6. The summed E-state index contributed by atoms with van der Waals surface area (Å²) < 4.78 is 39.6. The van der Waals surface area contributed by atoms with E-state index < -0.39 is 11.7 Å². The van der Waals surface area contributed by atoms with Crippen molar-refractivity contribution in [1.82, 2.24) is 14.8 Å². The van der Waals surface area contributed by atoms with Crippen LogP contribution < -0.4 is 5.32 Å². The van der Waals surface area contributed by atoms with Gasteiger partial charge in [0.05, 0.1) is 17.7 Å². The van der Waals surface area contributed by atoms with Crippen molar-refractivity contribution in [3.8, 4) is 5.82 Å². The molecule has 0 aliphatic carbocycles. The van der Waals surface area contributed by atoms with Gasteiger partial charge in [-0.3, -0.25) is 4.79 Å². The third kappa shape index (κ3) is 4.59. The smallest absolute Gasteiger partial charge is 0.326 e. The molecule has 1 aromatic carbocycles. The average molecular weight is 423 g/mol. The van der Waals surface area contributed by atoms with E-state index in [0.29, 0.717) is 27.7 Å². The molecule has 1 N–H and O–H groups in total. The Balaban J connectivity index is 1.82. The van der Waals surface area contributed by atoms with Crippen molar-refractivity contribution in [1.29, 1.82) is 0 Å². The number of aromatic nitrogens is 3. The number of carbonyl (C=O) groups excluding carboxylic acids is 1. The highest BCUT2D eigenvalue weighted by atomic mass is 35.5. The van der Waals surface area contributed by atoms with Crippen molar-refractivity contribution in [2.24, 2.45) is 0 Å². The third-order valence-electron chi connectivity index (χ3n) is 4.54. The van der Waals surface area contributed by atoms with Crippen LogP contribution in [0, 0.1) is 20.8 Å². The van der Waals surface area contributed by atoms with E-state index in [0.717, 1.165) is 17.8 Å². The summed E-state index contributed by atoms with van der Waals surface area (Å²) in [4.78, 5) is 16.4. The molecule has 0 atom stereocenters. The van der Waals surface area contributed by atoms with Gasteiger partial charge in [-0.25, -0.2) is 9.67 Å². The quantitative estimate of drug-likeness (QED) is 0.640. The van der Waals surface area contributed by atoms with Crippen molar-refractivity contribution in [2.45, 2.75) is 33.4 Å². The summed E-state index contributed by atoms with van der Waals surface area (Å²) >= 11 is 5.98. The van der Waals surface area contributed by atoms with Crippen LogP contribution in [0.1, 0.15) is 28.1 Å². The van der Waals surface area contributed by atoms with Crippen molar-refractivity contribution < 1.29 is 18.0 Å². The van der Waals surface area contributed by atoms with E-state index in [9.17, 15) is 18.0 Å². The number of aryl methyl sites for hydroxylation is 2. The summed E-state index contributed by atoms with van der Waals surface area (Å²) in [7, 11) is 0. The molecule has 0 unspecified atom stereocenters. The van der Waals surface area contributed by atoms with E-state index in [4.69, 9.17) is 11.6 Å². The first kappa shape index (κ1) is 20.9. The van der Waals surface area contributed by atoms with E-state index in [-0.39, 0.29) is 18.1 Å². The molecule has 0 spiro atoms. The molecule has 2 aromatic heterocycles. The molecule has 0 radical (unpaired) electrons. The van der Waals surface area contributed by atoms with Gasteiger partial charge in [0.25, 0.3) is 0 Å². The molecule has 9 heteroatoms. The number of alkyl halides is 3. The van der Waals surface area contributed by atoms with Crippen LogP contribution in [0.15, 0.2) is 36.5 Å². The lowest BCUT2D eigenvalue weighted by molar-refractivity contribution is -0.137. The fourth-order valence-electron chi connectivity index (χ4n) is 2.92. The van der Waals surface area contributed by atoms with Crippen molar-refractivity contribution in [3.05, 3.63) is 69.6 Å². The van der Waals surface area contributed by atoms with E-state index in [1.54, 1.807) is 26.0 Å². The predicted molar refractivity (Wildman–Crippen MR) is 104 cm³/mol. The van der Waals surface area contributed by atoms with Gasteiger partial charge in [-0.15, -0.1) is 0 Å². The van der Waals surface area contributed by atoms with Crippen LogP contribution in [0.3, 0.4) is 0 Å². The Labute approximate surface area is 170 Å². The van der Waals surface area contributed by atoms with Gasteiger partial charge >= 0.3 is 6.18 Å². The Kier molecular flexibility index (Phi) is 5.66. The predicted octanol–water partition coefficient (Wildman–Crippen LogP) is 5.05. The molecule has 3 aromatic rings. The monoisotopic (exact) mass is 422 g/mol. The molecule has 0 bridgehead atoms. The maximum atomic E-state index is 12.7. The molecule has 0 aliphatic heterocycles. The van der Waals surface area contributed by atoms with Crippen LogP contribution in [0.2, 0.25) is 5.02 Å². The Hall–Kier alpha value is -2.87. The molecule has 0 aliphatic rings. The molecule has 29 heavy (non-hydrogen) atoms. The zero-order valence-corrected chi connectivity index (χ0v) is 16.7. The highest BCUT2D eigenvalue weighted by molar-refractivity contribution is 6.31. The van der Waals surface area contributed by atoms with Crippen LogP contribution in [0.4, 0.5) is 18.9 Å². The second kappa shape index (κ2) is 7.87. The van der Waals surface area contributed by atoms with Crippen molar-refractivity contribution >= 4 is 23.2 Å². The third-order valence-corrected chi connectivity index (χ3v) is 4.78. The number of amides is 1. The number of halogens is 4. The average Bonchev–Trinajstić information content (AvgIpc) is 2.92. The van der Waals surface area contributed by atoms with Crippen molar-refractivity contribution in [2.75, 3.05) is 5.32 Å². The van der Waals surface area contributed by atoms with E-state index in [1.807, 2.05) is 13.0 Å². The summed E-state index contributed by atoms with van der Waals surface area (Å²) in [5.74, 6) is -0.00237. The van der Waals surface area contributed by atoms with Gasteiger partial charge in [-0.1, -0.05) is 17.7 Å². The summed E-state index contributed by atoms with van der Waals surface area (Å²) in [6.07, 6.45) is -3.63. The second-order valence-electron chi connectivity index (χ2n) is 6.65. The fourth-order valence-corrected chi connectivity index (χ4v) is 3.09. The van der Waals surface area contributed by atoms with Crippen LogP contribution in [0.25, 0.3) is 5.82 Å². The van der Waals surface area contributed by atoms with Crippen LogP contribution in [-0.4, -0.2) is 20.7 Å². The standard InChI is InChI=1S/C20H18ClF3N4O/c1-11-4-6-15(21)8-17(11)26-19(29)9-16-12(2)27-28(13(16)3)18-7-5-14(10-25-18)20(22,23)24/h4-8,10H,9H2,1-3H3,(H,26,29).